The summed E-state index contributed by atoms with van der Waals surface area (Å²) in [6.07, 6.45) is 58.8. The van der Waals surface area contributed by atoms with E-state index in [1.807, 2.05) is 6.08 Å². The molecule has 0 aliphatic heterocycles. The third-order valence-electron chi connectivity index (χ3n) is 11.4. The predicted molar refractivity (Wildman–Crippen MR) is 245 cm³/mol. The maximum absolute atomic E-state index is 12.5. The minimum atomic E-state index is -0.954. The molecule has 5 nitrogen and oxygen atoms in total. The van der Waals surface area contributed by atoms with Crippen LogP contribution in [-0.2, 0) is 4.79 Å². The normalized spacial score (nSPS) is 13.7. The Kier molecular flexibility index (Phi) is 45.1. The molecule has 0 bridgehead atoms. The van der Waals surface area contributed by atoms with Crippen LogP contribution in [0.25, 0.3) is 0 Å². The van der Waals surface area contributed by atoms with Gasteiger partial charge in [0, 0.05) is 0 Å². The molecule has 0 saturated carbocycles. The topological polar surface area (TPSA) is 89.8 Å². The second kappa shape index (κ2) is 46.3. The van der Waals surface area contributed by atoms with Gasteiger partial charge in [-0.2, -0.15) is 0 Å². The summed E-state index contributed by atoms with van der Waals surface area (Å²) in [4.78, 5) is 12.5. The molecule has 0 spiro atoms. The van der Waals surface area contributed by atoms with E-state index in [-0.39, 0.29) is 18.9 Å². The fraction of sp³-hybridized carbons (Fsp3) is 0.863. The van der Waals surface area contributed by atoms with Crippen LogP contribution >= 0.6 is 0 Å². The van der Waals surface area contributed by atoms with Crippen LogP contribution in [0.2, 0.25) is 0 Å². The van der Waals surface area contributed by atoms with E-state index in [1.165, 1.54) is 186 Å². The number of carbonyl (C=O) groups is 1. The van der Waals surface area contributed by atoms with E-state index in [9.17, 15) is 20.1 Å². The van der Waals surface area contributed by atoms with Gasteiger partial charge in [-0.1, -0.05) is 230 Å². The average molecular weight is 788 g/mol. The van der Waals surface area contributed by atoms with Crippen molar-refractivity contribution in [1.29, 1.82) is 0 Å². The van der Waals surface area contributed by atoms with Gasteiger partial charge in [-0.25, -0.2) is 0 Å². The van der Waals surface area contributed by atoms with Crippen LogP contribution in [0.15, 0.2) is 36.5 Å². The Labute approximate surface area is 349 Å². The summed E-state index contributed by atoms with van der Waals surface area (Å²) in [6.45, 7) is 4.22. The van der Waals surface area contributed by atoms with Crippen molar-refractivity contribution >= 4 is 5.91 Å². The molecule has 5 heteroatoms. The van der Waals surface area contributed by atoms with Crippen molar-refractivity contribution in [1.82, 2.24) is 5.32 Å². The number of carbonyl (C=O) groups excluding carboxylic acids is 1. The van der Waals surface area contributed by atoms with Gasteiger partial charge in [-0.15, -0.1) is 0 Å². The first kappa shape index (κ1) is 54.6. The van der Waals surface area contributed by atoms with Crippen molar-refractivity contribution in [3.63, 3.8) is 0 Å². The number of nitrogens with one attached hydrogen (secondary N) is 1. The molecule has 0 fully saturated rings. The van der Waals surface area contributed by atoms with Gasteiger partial charge in [0.15, 0.2) is 0 Å². The monoisotopic (exact) mass is 788 g/mol. The lowest BCUT2D eigenvalue weighted by molar-refractivity contribution is -0.124. The molecule has 0 aliphatic rings. The SMILES string of the molecule is CCCCCCCCCCCCCC/C=C\CCCCCCCC(O)CC(=O)NC(CO)C(O)/C=C/CC/C=C/CCCCCCCCCCCCCCCC. The Morgan fingerprint density at radius 2 is 0.768 bits per heavy atom. The highest BCUT2D eigenvalue weighted by Gasteiger charge is 2.20. The largest absolute Gasteiger partial charge is 0.394 e. The lowest BCUT2D eigenvalue weighted by atomic mass is 10.0. The van der Waals surface area contributed by atoms with Crippen molar-refractivity contribution in [3.8, 4) is 0 Å². The molecule has 330 valence electrons. The number of aliphatic hydroxyl groups excluding tert-OH is 3. The summed E-state index contributed by atoms with van der Waals surface area (Å²) < 4.78 is 0. The molecule has 4 N–H and O–H groups in total. The zero-order valence-electron chi connectivity index (χ0n) is 37.5. The van der Waals surface area contributed by atoms with Crippen LogP contribution in [0.1, 0.15) is 258 Å². The van der Waals surface area contributed by atoms with E-state index in [0.29, 0.717) is 6.42 Å². The van der Waals surface area contributed by atoms with Crippen LogP contribution < -0.4 is 5.32 Å². The van der Waals surface area contributed by atoms with Crippen LogP contribution in [-0.4, -0.2) is 46.1 Å². The van der Waals surface area contributed by atoms with E-state index in [2.05, 4.69) is 43.5 Å². The van der Waals surface area contributed by atoms with E-state index < -0.39 is 18.2 Å². The third-order valence-corrected chi connectivity index (χ3v) is 11.4. The van der Waals surface area contributed by atoms with Crippen molar-refractivity contribution in [2.24, 2.45) is 0 Å². The van der Waals surface area contributed by atoms with Gasteiger partial charge in [0.05, 0.1) is 31.3 Å². The molecule has 0 aromatic rings. The fourth-order valence-electron chi connectivity index (χ4n) is 7.59. The first-order chi connectivity index (χ1) is 27.5. The summed E-state index contributed by atoms with van der Waals surface area (Å²) in [5.41, 5.74) is 0. The number of allylic oxidation sites excluding steroid dienone is 5. The quantitative estimate of drug-likeness (QED) is 0.0365. The maximum atomic E-state index is 12.5. The first-order valence-electron chi connectivity index (χ1n) is 24.8. The molecule has 3 unspecified atom stereocenters. The summed E-state index contributed by atoms with van der Waals surface area (Å²) in [5.74, 6) is -0.328. The van der Waals surface area contributed by atoms with Crippen LogP contribution in [0.5, 0.6) is 0 Å². The van der Waals surface area contributed by atoms with Gasteiger partial charge < -0.3 is 20.6 Å². The number of amides is 1. The van der Waals surface area contributed by atoms with Gasteiger partial charge in [0.2, 0.25) is 5.91 Å². The van der Waals surface area contributed by atoms with E-state index in [4.69, 9.17) is 0 Å². The van der Waals surface area contributed by atoms with Crippen LogP contribution in [0.3, 0.4) is 0 Å². The van der Waals surface area contributed by atoms with Crippen molar-refractivity contribution in [3.05, 3.63) is 36.5 Å². The summed E-state index contributed by atoms with van der Waals surface area (Å²) in [6, 6.07) is -0.764. The minimum Gasteiger partial charge on any atom is -0.394 e. The molecule has 0 heterocycles. The molecule has 56 heavy (non-hydrogen) atoms. The summed E-state index contributed by atoms with van der Waals surface area (Å²) in [5, 5.41) is 33.3. The molecule has 0 aliphatic carbocycles. The zero-order valence-corrected chi connectivity index (χ0v) is 37.5. The zero-order chi connectivity index (χ0) is 40.8. The molecule has 0 rings (SSSR count). The highest BCUT2D eigenvalue weighted by atomic mass is 16.3. The predicted octanol–water partition coefficient (Wildman–Crippen LogP) is 14.7. The number of hydrogen-bond acceptors (Lipinski definition) is 4. The molecule has 1 amide bonds. The lowest BCUT2D eigenvalue weighted by Gasteiger charge is -2.20. The Bertz CT molecular complexity index is 870. The minimum absolute atomic E-state index is 0.00102. The maximum Gasteiger partial charge on any atom is 0.222 e. The van der Waals surface area contributed by atoms with Crippen molar-refractivity contribution < 1.29 is 20.1 Å². The highest BCUT2D eigenvalue weighted by Crippen LogP contribution is 2.16. The average Bonchev–Trinajstić information content (AvgIpc) is 3.19. The number of rotatable bonds is 45. The van der Waals surface area contributed by atoms with Gasteiger partial charge in [0.25, 0.3) is 0 Å². The first-order valence-corrected chi connectivity index (χ1v) is 24.8. The Hall–Kier alpha value is -1.43. The molecule has 3 atom stereocenters. The number of unbranched alkanes of at least 4 members (excludes halogenated alkanes) is 32. The van der Waals surface area contributed by atoms with Crippen LogP contribution in [0, 0.1) is 0 Å². The molecule has 0 aromatic carbocycles. The van der Waals surface area contributed by atoms with Crippen molar-refractivity contribution in [2.75, 3.05) is 6.61 Å². The molecular formula is C51H97NO4. The lowest BCUT2D eigenvalue weighted by Crippen LogP contribution is -2.45. The van der Waals surface area contributed by atoms with E-state index in [1.54, 1.807) is 6.08 Å². The van der Waals surface area contributed by atoms with Crippen LogP contribution in [0.4, 0.5) is 0 Å². The van der Waals surface area contributed by atoms with Gasteiger partial charge in [-0.05, 0) is 57.8 Å². The summed E-state index contributed by atoms with van der Waals surface area (Å²) in [7, 11) is 0. The number of hydrogen-bond donors (Lipinski definition) is 4. The smallest absolute Gasteiger partial charge is 0.222 e. The molecule has 0 aromatic heterocycles. The second-order valence-electron chi connectivity index (χ2n) is 17.1. The van der Waals surface area contributed by atoms with Crippen molar-refractivity contribution in [2.45, 2.75) is 276 Å². The molecule has 0 radical (unpaired) electrons. The Balaban J connectivity index is 3.67. The van der Waals surface area contributed by atoms with Gasteiger partial charge in [0.1, 0.15) is 0 Å². The third kappa shape index (κ3) is 42.2. The van der Waals surface area contributed by atoms with E-state index >= 15 is 0 Å². The number of aliphatic hydroxyl groups is 3. The molecule has 0 saturated heterocycles. The van der Waals surface area contributed by atoms with E-state index in [0.717, 1.165) is 44.9 Å². The Morgan fingerprint density at radius 1 is 0.446 bits per heavy atom. The Morgan fingerprint density at radius 3 is 1.14 bits per heavy atom. The second-order valence-corrected chi connectivity index (χ2v) is 17.1. The molecular weight excluding hydrogens is 691 g/mol. The fourth-order valence-corrected chi connectivity index (χ4v) is 7.59. The highest BCUT2D eigenvalue weighted by molar-refractivity contribution is 5.76. The van der Waals surface area contributed by atoms with Gasteiger partial charge >= 0.3 is 0 Å². The standard InChI is InChI=1S/C51H97NO4/c1-3-5-7-9-11-13-15-17-19-21-23-25-26-28-30-32-34-36-38-40-42-44-48(54)46-51(56)52-49(47-53)50(55)45-43-41-39-37-35-33-31-29-27-24-22-20-18-16-14-12-10-8-6-4-2/h28,30,35,37,43,45,48-50,53-55H,3-27,29,31-34,36,38-42,44,46-47H2,1-2H3,(H,52,56)/b30-28-,37-35+,45-43+. The van der Waals surface area contributed by atoms with Gasteiger partial charge in [-0.3, -0.25) is 4.79 Å². The summed E-state index contributed by atoms with van der Waals surface area (Å²) >= 11 is 0.